The van der Waals surface area contributed by atoms with Gasteiger partial charge < -0.3 is 20.1 Å². The van der Waals surface area contributed by atoms with Gasteiger partial charge in [0.05, 0.1) is 11.6 Å². The van der Waals surface area contributed by atoms with E-state index in [1.807, 2.05) is 0 Å². The van der Waals surface area contributed by atoms with Crippen molar-refractivity contribution < 1.29 is 14.3 Å². The van der Waals surface area contributed by atoms with E-state index >= 15 is 0 Å². The second-order valence-electron chi connectivity index (χ2n) is 4.37. The lowest BCUT2D eigenvalue weighted by Gasteiger charge is -2.16. The van der Waals surface area contributed by atoms with Crippen molar-refractivity contribution in [1.82, 2.24) is 10.6 Å². The van der Waals surface area contributed by atoms with Crippen LogP contribution in [0.2, 0.25) is 10.0 Å². The molecular formula is C14H20Cl2N2O3. The Balaban J connectivity index is 2.30. The highest BCUT2D eigenvalue weighted by atomic mass is 35.5. The molecule has 1 aromatic rings. The van der Waals surface area contributed by atoms with Gasteiger partial charge in [-0.1, -0.05) is 23.2 Å². The molecule has 118 valence electrons. The second kappa shape index (κ2) is 9.84. The van der Waals surface area contributed by atoms with E-state index in [2.05, 4.69) is 10.6 Å². The molecule has 21 heavy (non-hydrogen) atoms. The van der Waals surface area contributed by atoms with Crippen molar-refractivity contribution in [3.05, 3.63) is 28.2 Å². The van der Waals surface area contributed by atoms with Crippen LogP contribution in [0.15, 0.2) is 18.2 Å². The summed E-state index contributed by atoms with van der Waals surface area (Å²) in [6, 6.07) is 4.87. The van der Waals surface area contributed by atoms with E-state index in [1.54, 1.807) is 32.2 Å². The van der Waals surface area contributed by atoms with Crippen LogP contribution in [0.25, 0.3) is 0 Å². The summed E-state index contributed by atoms with van der Waals surface area (Å²) >= 11 is 11.8. The number of nitrogens with one attached hydrogen (secondary N) is 2. The van der Waals surface area contributed by atoms with Gasteiger partial charge in [0.2, 0.25) is 0 Å². The highest BCUT2D eigenvalue weighted by molar-refractivity contribution is 6.35. The van der Waals surface area contributed by atoms with Crippen molar-refractivity contribution in [2.24, 2.45) is 0 Å². The maximum Gasteiger partial charge on any atom is 0.260 e. The first kappa shape index (κ1) is 18.0. The van der Waals surface area contributed by atoms with Crippen LogP contribution >= 0.6 is 23.2 Å². The zero-order chi connectivity index (χ0) is 15.7. The third-order valence-corrected chi connectivity index (χ3v) is 3.18. The minimum atomic E-state index is -0.636. The van der Waals surface area contributed by atoms with Gasteiger partial charge in [0.15, 0.2) is 6.10 Å². The minimum Gasteiger partial charge on any atom is -0.479 e. The van der Waals surface area contributed by atoms with E-state index in [9.17, 15) is 4.79 Å². The molecule has 0 aliphatic heterocycles. The maximum atomic E-state index is 11.9. The topological polar surface area (TPSA) is 59.6 Å². The molecule has 0 fully saturated rings. The largest absolute Gasteiger partial charge is 0.479 e. The van der Waals surface area contributed by atoms with E-state index in [0.717, 1.165) is 6.54 Å². The Morgan fingerprint density at radius 3 is 2.71 bits per heavy atom. The molecule has 7 heteroatoms. The molecule has 0 spiro atoms. The van der Waals surface area contributed by atoms with Gasteiger partial charge >= 0.3 is 0 Å². The number of carbonyl (C=O) groups excluding carboxylic acids is 1. The van der Waals surface area contributed by atoms with Crippen molar-refractivity contribution in [2.45, 2.75) is 13.0 Å². The first-order valence-corrected chi connectivity index (χ1v) is 7.39. The minimum absolute atomic E-state index is 0.199. The molecule has 1 atom stereocenters. The lowest BCUT2D eigenvalue weighted by molar-refractivity contribution is -0.127. The lowest BCUT2D eigenvalue weighted by atomic mass is 10.3. The Labute approximate surface area is 134 Å². The van der Waals surface area contributed by atoms with Gasteiger partial charge in [0, 0.05) is 31.8 Å². The number of halogens is 2. The molecule has 0 bridgehead atoms. The number of hydrogen-bond acceptors (Lipinski definition) is 4. The summed E-state index contributed by atoms with van der Waals surface area (Å²) in [5.74, 6) is 0.233. The average molecular weight is 335 g/mol. The monoisotopic (exact) mass is 334 g/mol. The van der Waals surface area contributed by atoms with Crippen LogP contribution in [0, 0.1) is 0 Å². The number of rotatable bonds is 9. The van der Waals surface area contributed by atoms with Crippen LogP contribution in [0.1, 0.15) is 6.92 Å². The summed E-state index contributed by atoms with van der Waals surface area (Å²) < 4.78 is 10.4. The molecule has 2 N–H and O–H groups in total. The molecule has 0 saturated heterocycles. The summed E-state index contributed by atoms with van der Waals surface area (Å²) in [6.45, 7) is 4.24. The Morgan fingerprint density at radius 1 is 1.29 bits per heavy atom. The van der Waals surface area contributed by atoms with Gasteiger partial charge in [-0.05, 0) is 25.1 Å². The molecule has 0 radical (unpaired) electrons. The normalized spacial score (nSPS) is 12.0. The fraction of sp³-hybridized carbons (Fsp3) is 0.500. The molecule has 1 aromatic carbocycles. The number of amides is 1. The van der Waals surface area contributed by atoms with Gasteiger partial charge in [0.25, 0.3) is 5.91 Å². The third-order valence-electron chi connectivity index (χ3n) is 2.65. The summed E-state index contributed by atoms with van der Waals surface area (Å²) in [6.07, 6.45) is -0.636. The van der Waals surface area contributed by atoms with E-state index in [4.69, 9.17) is 32.7 Å². The quantitative estimate of drug-likeness (QED) is 0.679. The van der Waals surface area contributed by atoms with Gasteiger partial charge in [-0.15, -0.1) is 0 Å². The molecule has 0 aromatic heterocycles. The summed E-state index contributed by atoms with van der Waals surface area (Å²) in [7, 11) is 1.64. The summed E-state index contributed by atoms with van der Waals surface area (Å²) in [4.78, 5) is 11.9. The predicted octanol–water partition coefficient (Wildman–Crippen LogP) is 2.11. The Kier molecular flexibility index (Phi) is 8.45. The van der Waals surface area contributed by atoms with E-state index < -0.39 is 6.10 Å². The fourth-order valence-corrected chi connectivity index (χ4v) is 1.98. The van der Waals surface area contributed by atoms with Gasteiger partial charge in [-0.25, -0.2) is 0 Å². The standard InChI is InChI=1S/C14H20Cl2N2O3/c1-10(14(19)18-6-5-17-7-8-20-2)21-13-4-3-11(15)9-12(13)16/h3-4,9-10,17H,5-8H2,1-2H3,(H,18,19). The molecule has 0 aliphatic rings. The first-order chi connectivity index (χ1) is 10.0. The zero-order valence-corrected chi connectivity index (χ0v) is 13.6. The number of hydrogen-bond donors (Lipinski definition) is 2. The van der Waals surface area contributed by atoms with Crippen molar-refractivity contribution in [3.63, 3.8) is 0 Å². The first-order valence-electron chi connectivity index (χ1n) is 6.63. The highest BCUT2D eigenvalue weighted by Crippen LogP contribution is 2.28. The molecule has 0 heterocycles. The van der Waals surface area contributed by atoms with Crippen LogP contribution in [0.3, 0.4) is 0 Å². The van der Waals surface area contributed by atoms with E-state index in [0.29, 0.717) is 35.5 Å². The molecule has 5 nitrogen and oxygen atoms in total. The van der Waals surface area contributed by atoms with Gasteiger partial charge in [-0.2, -0.15) is 0 Å². The average Bonchev–Trinajstić information content (AvgIpc) is 2.45. The smallest absolute Gasteiger partial charge is 0.260 e. The van der Waals surface area contributed by atoms with Crippen molar-refractivity contribution in [1.29, 1.82) is 0 Å². The fourth-order valence-electron chi connectivity index (χ4n) is 1.53. The number of carbonyl (C=O) groups is 1. The summed E-state index contributed by atoms with van der Waals surface area (Å²) in [5, 5.41) is 6.80. The SMILES string of the molecule is COCCNCCNC(=O)C(C)Oc1ccc(Cl)cc1Cl. The molecule has 1 amide bonds. The van der Waals surface area contributed by atoms with Gasteiger partial charge in [-0.3, -0.25) is 4.79 Å². The second-order valence-corrected chi connectivity index (χ2v) is 5.21. The van der Waals surface area contributed by atoms with Gasteiger partial charge in [0.1, 0.15) is 5.75 Å². The molecule has 0 aliphatic carbocycles. The zero-order valence-electron chi connectivity index (χ0n) is 12.1. The van der Waals surface area contributed by atoms with Crippen LogP contribution < -0.4 is 15.4 Å². The predicted molar refractivity (Wildman–Crippen MR) is 84.3 cm³/mol. The number of benzene rings is 1. The van der Waals surface area contributed by atoms with Crippen molar-refractivity contribution in [3.8, 4) is 5.75 Å². The third kappa shape index (κ3) is 7.00. The number of methoxy groups -OCH3 is 1. The van der Waals surface area contributed by atoms with E-state index in [1.165, 1.54) is 0 Å². The van der Waals surface area contributed by atoms with E-state index in [-0.39, 0.29) is 5.91 Å². The number of ether oxygens (including phenoxy) is 2. The Morgan fingerprint density at radius 2 is 2.05 bits per heavy atom. The Bertz CT molecular complexity index is 458. The molecule has 1 rings (SSSR count). The molecule has 1 unspecified atom stereocenters. The molecule has 0 saturated carbocycles. The van der Waals surface area contributed by atoms with Crippen molar-refractivity contribution in [2.75, 3.05) is 33.4 Å². The van der Waals surface area contributed by atoms with Crippen LogP contribution in [0.4, 0.5) is 0 Å². The van der Waals surface area contributed by atoms with Crippen LogP contribution in [-0.4, -0.2) is 45.4 Å². The lowest BCUT2D eigenvalue weighted by Crippen LogP contribution is -2.40. The van der Waals surface area contributed by atoms with Crippen molar-refractivity contribution >= 4 is 29.1 Å². The highest BCUT2D eigenvalue weighted by Gasteiger charge is 2.15. The maximum absolute atomic E-state index is 11.9. The van der Waals surface area contributed by atoms with Crippen LogP contribution in [-0.2, 0) is 9.53 Å². The summed E-state index contributed by atoms with van der Waals surface area (Å²) in [5.41, 5.74) is 0. The molecular weight excluding hydrogens is 315 g/mol. The Hall–Kier alpha value is -1.01. The van der Waals surface area contributed by atoms with Crippen LogP contribution in [0.5, 0.6) is 5.75 Å².